The largest absolute Gasteiger partial charge is 0.459 e. The van der Waals surface area contributed by atoms with E-state index in [4.69, 9.17) is 4.55 Å². The maximum atomic E-state index is 12.6. The molecule has 0 radical (unpaired) electrons. The van der Waals surface area contributed by atoms with Crippen LogP contribution in [0.5, 0.6) is 0 Å². The van der Waals surface area contributed by atoms with E-state index in [0.717, 1.165) is 0 Å². The normalized spacial score (nSPS) is 14.7. The third-order valence-corrected chi connectivity index (χ3v) is 2.59. The molecule has 0 aliphatic carbocycles. The molecule has 0 saturated carbocycles. The van der Waals surface area contributed by atoms with E-state index in [1.165, 1.54) is 0 Å². The smallest absolute Gasteiger partial charge is 0.375 e. The van der Waals surface area contributed by atoms with Gasteiger partial charge in [-0.25, -0.2) is 0 Å². The molecule has 0 unspecified atom stereocenters. The molecule has 0 fully saturated rings. The molecular formula is C7H9F7O4S. The van der Waals surface area contributed by atoms with Crippen molar-refractivity contribution in [3.05, 3.63) is 0 Å². The third kappa shape index (κ3) is 5.48. The molecule has 0 aromatic rings. The van der Waals surface area contributed by atoms with Gasteiger partial charge < -0.3 is 4.74 Å². The SMILES string of the molecule is O=S(=O)(O)CCCOCC(F)(F)C(F)(F)C(F)(F)F. The second-order valence-corrected chi connectivity index (χ2v) is 5.04. The van der Waals surface area contributed by atoms with Gasteiger partial charge in [-0.1, -0.05) is 0 Å². The van der Waals surface area contributed by atoms with Crippen LogP contribution >= 0.6 is 0 Å². The van der Waals surface area contributed by atoms with Crippen LogP contribution in [0.15, 0.2) is 0 Å². The monoisotopic (exact) mass is 322 g/mol. The van der Waals surface area contributed by atoms with Gasteiger partial charge in [-0.3, -0.25) is 4.55 Å². The number of halogens is 7. The number of ether oxygens (including phenoxy) is 1. The zero-order valence-corrected chi connectivity index (χ0v) is 9.87. The minimum absolute atomic E-state index is 0.535. The van der Waals surface area contributed by atoms with Crippen molar-refractivity contribution in [2.24, 2.45) is 0 Å². The number of alkyl halides is 7. The summed E-state index contributed by atoms with van der Waals surface area (Å²) in [6.45, 7) is -3.06. The molecule has 4 nitrogen and oxygen atoms in total. The number of hydrogen-bond donors (Lipinski definition) is 1. The van der Waals surface area contributed by atoms with E-state index in [1.807, 2.05) is 0 Å². The molecule has 0 rings (SSSR count). The Kier molecular flexibility index (Phi) is 5.60. The molecule has 0 spiro atoms. The first kappa shape index (κ1) is 18.4. The molecule has 0 saturated heterocycles. The van der Waals surface area contributed by atoms with Crippen molar-refractivity contribution in [3.8, 4) is 0 Å². The Morgan fingerprint density at radius 2 is 1.47 bits per heavy atom. The van der Waals surface area contributed by atoms with Crippen LogP contribution in [0, 0.1) is 0 Å². The molecule has 0 aromatic heterocycles. The molecule has 12 heteroatoms. The molecule has 116 valence electrons. The van der Waals surface area contributed by atoms with Crippen LogP contribution in [-0.4, -0.2) is 50.0 Å². The minimum atomic E-state index is -6.44. The summed E-state index contributed by atoms with van der Waals surface area (Å²) in [4.78, 5) is 0. The maximum absolute atomic E-state index is 12.6. The first-order valence-electron chi connectivity index (χ1n) is 4.56. The van der Waals surface area contributed by atoms with Crippen molar-refractivity contribution in [1.82, 2.24) is 0 Å². The van der Waals surface area contributed by atoms with E-state index in [-0.39, 0.29) is 0 Å². The maximum Gasteiger partial charge on any atom is 0.459 e. The van der Waals surface area contributed by atoms with E-state index in [1.54, 1.807) is 0 Å². The van der Waals surface area contributed by atoms with Crippen LogP contribution in [0.25, 0.3) is 0 Å². The van der Waals surface area contributed by atoms with E-state index < -0.39 is 53.5 Å². The first-order valence-corrected chi connectivity index (χ1v) is 6.17. The standard InChI is InChI=1S/C7H9F7O4S/c8-5(9,6(10,11)7(12,13)14)4-18-2-1-3-19(15,16)17/h1-4H2,(H,15,16,17). The molecule has 0 aliphatic heterocycles. The van der Waals surface area contributed by atoms with Gasteiger partial charge in [0.2, 0.25) is 0 Å². The zero-order chi connectivity index (χ0) is 15.5. The van der Waals surface area contributed by atoms with Crippen LogP contribution in [0.3, 0.4) is 0 Å². The van der Waals surface area contributed by atoms with Crippen LogP contribution < -0.4 is 0 Å². The fourth-order valence-corrected chi connectivity index (χ4v) is 1.32. The molecule has 0 heterocycles. The topological polar surface area (TPSA) is 63.6 Å². The van der Waals surface area contributed by atoms with Gasteiger partial charge >= 0.3 is 18.0 Å². The summed E-state index contributed by atoms with van der Waals surface area (Å²) in [5, 5.41) is 0. The Bertz CT molecular complexity index is 389. The van der Waals surface area contributed by atoms with Crippen LogP contribution in [-0.2, 0) is 14.9 Å². The number of rotatable bonds is 7. The molecule has 0 atom stereocenters. The second-order valence-electron chi connectivity index (χ2n) is 3.47. The van der Waals surface area contributed by atoms with Gasteiger partial charge in [0.25, 0.3) is 10.1 Å². The third-order valence-electron chi connectivity index (χ3n) is 1.79. The second kappa shape index (κ2) is 5.79. The summed E-state index contributed by atoms with van der Waals surface area (Å²) in [7, 11) is -4.39. The van der Waals surface area contributed by atoms with Crippen molar-refractivity contribution in [2.45, 2.75) is 24.4 Å². The lowest BCUT2D eigenvalue weighted by atomic mass is 10.2. The average molecular weight is 322 g/mol. The summed E-state index contributed by atoms with van der Waals surface area (Å²) >= 11 is 0. The Morgan fingerprint density at radius 3 is 1.84 bits per heavy atom. The summed E-state index contributed by atoms with van der Waals surface area (Å²) in [6, 6.07) is 0. The van der Waals surface area contributed by atoms with Gasteiger partial charge in [0.15, 0.2) is 0 Å². The lowest BCUT2D eigenvalue weighted by molar-refractivity contribution is -0.361. The summed E-state index contributed by atoms with van der Waals surface area (Å²) in [5.41, 5.74) is 0. The highest BCUT2D eigenvalue weighted by molar-refractivity contribution is 7.85. The highest BCUT2D eigenvalue weighted by Crippen LogP contribution is 2.46. The lowest BCUT2D eigenvalue weighted by Gasteiger charge is -2.27. The lowest BCUT2D eigenvalue weighted by Crippen LogP contribution is -2.54. The molecule has 19 heavy (non-hydrogen) atoms. The van der Waals surface area contributed by atoms with Crippen LogP contribution in [0.1, 0.15) is 6.42 Å². The van der Waals surface area contributed by atoms with Crippen molar-refractivity contribution >= 4 is 10.1 Å². The Balaban J connectivity index is 4.33. The molecule has 0 aromatic carbocycles. The van der Waals surface area contributed by atoms with E-state index >= 15 is 0 Å². The summed E-state index contributed by atoms with van der Waals surface area (Å²) < 4.78 is 117. The van der Waals surface area contributed by atoms with Gasteiger partial charge in [-0.05, 0) is 6.42 Å². The quantitative estimate of drug-likeness (QED) is 0.443. The highest BCUT2D eigenvalue weighted by Gasteiger charge is 2.72. The Labute approximate surface area is 103 Å². The minimum Gasteiger partial charge on any atom is -0.375 e. The van der Waals surface area contributed by atoms with E-state index in [9.17, 15) is 39.2 Å². The molecule has 1 N–H and O–H groups in total. The van der Waals surface area contributed by atoms with Gasteiger partial charge in [-0.15, -0.1) is 0 Å². The molecule has 0 aliphatic rings. The fraction of sp³-hybridized carbons (Fsp3) is 1.00. The average Bonchev–Trinajstić information content (AvgIpc) is 2.12. The highest BCUT2D eigenvalue weighted by atomic mass is 32.2. The van der Waals surface area contributed by atoms with Crippen molar-refractivity contribution in [1.29, 1.82) is 0 Å². The molecular weight excluding hydrogens is 313 g/mol. The van der Waals surface area contributed by atoms with Crippen LogP contribution in [0.4, 0.5) is 30.7 Å². The van der Waals surface area contributed by atoms with Crippen molar-refractivity contribution in [3.63, 3.8) is 0 Å². The van der Waals surface area contributed by atoms with Crippen molar-refractivity contribution < 1.29 is 48.4 Å². The Hall–Kier alpha value is -0.620. The first-order chi connectivity index (χ1) is 8.21. The van der Waals surface area contributed by atoms with Gasteiger partial charge in [0.05, 0.1) is 5.75 Å². The molecule has 0 bridgehead atoms. The van der Waals surface area contributed by atoms with Gasteiger partial charge in [0.1, 0.15) is 6.61 Å². The predicted molar refractivity (Wildman–Crippen MR) is 47.8 cm³/mol. The predicted octanol–water partition coefficient (Wildman–Crippen LogP) is 2.11. The van der Waals surface area contributed by atoms with Gasteiger partial charge in [-0.2, -0.15) is 39.2 Å². The van der Waals surface area contributed by atoms with Crippen molar-refractivity contribution in [2.75, 3.05) is 19.0 Å². The zero-order valence-electron chi connectivity index (χ0n) is 9.05. The van der Waals surface area contributed by atoms with Gasteiger partial charge in [0, 0.05) is 6.61 Å². The Morgan fingerprint density at radius 1 is 1.00 bits per heavy atom. The van der Waals surface area contributed by atoms with E-state index in [0.29, 0.717) is 0 Å². The fourth-order valence-electron chi connectivity index (χ4n) is 0.842. The summed E-state index contributed by atoms with van der Waals surface area (Å²) in [5.74, 6) is -12.6. The van der Waals surface area contributed by atoms with Crippen LogP contribution in [0.2, 0.25) is 0 Å². The summed E-state index contributed by atoms with van der Waals surface area (Å²) in [6.07, 6.45) is -6.97. The molecule has 0 amide bonds. The number of hydrogen-bond acceptors (Lipinski definition) is 3. The van der Waals surface area contributed by atoms with E-state index in [2.05, 4.69) is 4.74 Å².